The third-order valence-electron chi connectivity index (χ3n) is 4.18. The summed E-state index contributed by atoms with van der Waals surface area (Å²) in [6, 6.07) is 13.5. The molecule has 0 bridgehead atoms. The Morgan fingerprint density at radius 3 is 2.50 bits per heavy atom. The Hall–Kier alpha value is -3.28. The molecule has 0 spiro atoms. The minimum Gasteiger partial charge on any atom is -0.497 e. The van der Waals surface area contributed by atoms with Crippen LogP contribution in [-0.4, -0.2) is 24.2 Å². The zero-order valence-electron chi connectivity index (χ0n) is 15.3. The molecule has 0 radical (unpaired) electrons. The number of methoxy groups -OCH3 is 2. The van der Waals surface area contributed by atoms with Crippen LogP contribution >= 0.6 is 0 Å². The molecular weight excluding hydrogens is 328 g/mol. The van der Waals surface area contributed by atoms with Gasteiger partial charge in [0.25, 0.3) is 0 Å². The van der Waals surface area contributed by atoms with E-state index in [-0.39, 0.29) is 0 Å². The van der Waals surface area contributed by atoms with Crippen molar-refractivity contribution in [2.24, 2.45) is 0 Å². The molecule has 0 aliphatic carbocycles. The lowest BCUT2D eigenvalue weighted by atomic mass is 10.1. The van der Waals surface area contributed by atoms with Crippen molar-refractivity contribution in [3.05, 3.63) is 59.8 Å². The quantitative estimate of drug-likeness (QED) is 0.677. The van der Waals surface area contributed by atoms with Crippen LogP contribution < -0.4 is 20.1 Å². The Morgan fingerprint density at radius 1 is 0.885 bits per heavy atom. The van der Waals surface area contributed by atoms with E-state index < -0.39 is 0 Å². The fourth-order valence-corrected chi connectivity index (χ4v) is 2.54. The van der Waals surface area contributed by atoms with Gasteiger partial charge in [0.15, 0.2) is 0 Å². The molecule has 0 fully saturated rings. The maximum atomic E-state index is 5.40. The highest BCUT2D eigenvalue weighted by atomic mass is 16.5. The van der Waals surface area contributed by atoms with Crippen LogP contribution in [0.25, 0.3) is 0 Å². The Morgan fingerprint density at radius 2 is 1.73 bits per heavy atom. The second kappa shape index (κ2) is 7.74. The van der Waals surface area contributed by atoms with Crippen molar-refractivity contribution >= 4 is 23.1 Å². The molecule has 26 heavy (non-hydrogen) atoms. The van der Waals surface area contributed by atoms with Crippen LogP contribution in [0, 0.1) is 13.8 Å². The van der Waals surface area contributed by atoms with Crippen molar-refractivity contribution < 1.29 is 9.47 Å². The van der Waals surface area contributed by atoms with E-state index >= 15 is 0 Å². The van der Waals surface area contributed by atoms with E-state index in [2.05, 4.69) is 40.5 Å². The lowest BCUT2D eigenvalue weighted by Crippen LogP contribution is -2.02. The lowest BCUT2D eigenvalue weighted by Gasteiger charge is -2.13. The number of aromatic nitrogens is 2. The highest BCUT2D eigenvalue weighted by Crippen LogP contribution is 2.31. The van der Waals surface area contributed by atoms with Crippen molar-refractivity contribution in [2.45, 2.75) is 13.8 Å². The fourth-order valence-electron chi connectivity index (χ4n) is 2.54. The summed E-state index contributed by atoms with van der Waals surface area (Å²) in [5.41, 5.74) is 4.21. The van der Waals surface area contributed by atoms with Crippen LogP contribution in [0.4, 0.5) is 23.1 Å². The summed E-state index contributed by atoms with van der Waals surface area (Å²) in [6.07, 6.45) is 1.71. The molecule has 3 rings (SSSR count). The lowest BCUT2D eigenvalue weighted by molar-refractivity contribution is 0.395. The third kappa shape index (κ3) is 3.85. The van der Waals surface area contributed by atoms with E-state index in [0.29, 0.717) is 17.5 Å². The van der Waals surface area contributed by atoms with Gasteiger partial charge < -0.3 is 20.1 Å². The summed E-state index contributed by atoms with van der Waals surface area (Å²) >= 11 is 0. The Balaban J connectivity index is 1.83. The summed E-state index contributed by atoms with van der Waals surface area (Å²) < 4.78 is 10.6. The van der Waals surface area contributed by atoms with Gasteiger partial charge in [0.2, 0.25) is 5.95 Å². The molecule has 0 atom stereocenters. The zero-order chi connectivity index (χ0) is 18.5. The molecule has 0 amide bonds. The van der Waals surface area contributed by atoms with Gasteiger partial charge in [-0.05, 0) is 49.2 Å². The summed E-state index contributed by atoms with van der Waals surface area (Å²) in [5.74, 6) is 2.56. The van der Waals surface area contributed by atoms with Crippen LogP contribution in [0.1, 0.15) is 11.1 Å². The number of rotatable bonds is 6. The molecule has 0 aliphatic rings. The van der Waals surface area contributed by atoms with Crippen molar-refractivity contribution in [2.75, 3.05) is 24.9 Å². The average Bonchev–Trinajstić information content (AvgIpc) is 2.66. The first-order valence-corrected chi connectivity index (χ1v) is 8.26. The number of benzene rings is 2. The minimum atomic E-state index is 0.476. The predicted octanol–water partition coefficient (Wildman–Crippen LogP) is 4.60. The van der Waals surface area contributed by atoms with Gasteiger partial charge in [0, 0.05) is 18.0 Å². The van der Waals surface area contributed by atoms with E-state index in [4.69, 9.17) is 9.47 Å². The van der Waals surface area contributed by atoms with Crippen LogP contribution in [0.15, 0.2) is 48.7 Å². The van der Waals surface area contributed by atoms with E-state index in [9.17, 15) is 0 Å². The van der Waals surface area contributed by atoms with Crippen molar-refractivity contribution in [1.29, 1.82) is 0 Å². The van der Waals surface area contributed by atoms with Crippen LogP contribution in [0.5, 0.6) is 11.5 Å². The smallest absolute Gasteiger partial charge is 0.229 e. The molecule has 6 nitrogen and oxygen atoms in total. The van der Waals surface area contributed by atoms with Gasteiger partial charge >= 0.3 is 0 Å². The number of hydrogen-bond donors (Lipinski definition) is 2. The van der Waals surface area contributed by atoms with Crippen molar-refractivity contribution in [3.8, 4) is 11.5 Å². The first-order chi connectivity index (χ1) is 12.6. The molecule has 1 heterocycles. The normalized spacial score (nSPS) is 10.3. The van der Waals surface area contributed by atoms with E-state index in [1.54, 1.807) is 26.5 Å². The first-order valence-electron chi connectivity index (χ1n) is 8.26. The zero-order valence-corrected chi connectivity index (χ0v) is 15.3. The average molecular weight is 350 g/mol. The number of aryl methyl sites for hydroxylation is 1. The van der Waals surface area contributed by atoms with Gasteiger partial charge in [0.05, 0.1) is 19.9 Å². The van der Waals surface area contributed by atoms with Crippen molar-refractivity contribution in [1.82, 2.24) is 9.97 Å². The monoisotopic (exact) mass is 350 g/mol. The topological polar surface area (TPSA) is 68.3 Å². The summed E-state index contributed by atoms with van der Waals surface area (Å²) in [6.45, 7) is 4.17. The predicted molar refractivity (Wildman–Crippen MR) is 104 cm³/mol. The standard InChI is InChI=1S/C20H22N4O2/c1-13-6-5-7-16(14(13)2)22-19-10-11-21-20(24-19)23-17-9-8-15(25-3)12-18(17)26-4/h5-12H,1-4H3,(H2,21,22,23,24). The molecule has 0 unspecified atom stereocenters. The summed E-state index contributed by atoms with van der Waals surface area (Å²) in [5, 5.41) is 6.53. The van der Waals surface area contributed by atoms with Gasteiger partial charge in [-0.2, -0.15) is 4.98 Å². The highest BCUT2D eigenvalue weighted by molar-refractivity contribution is 5.66. The van der Waals surface area contributed by atoms with Gasteiger partial charge in [-0.15, -0.1) is 0 Å². The Bertz CT molecular complexity index is 912. The fraction of sp³-hybridized carbons (Fsp3) is 0.200. The maximum absolute atomic E-state index is 5.40. The van der Waals surface area contributed by atoms with E-state index in [0.717, 1.165) is 17.1 Å². The number of anilines is 4. The Labute approximate surface area is 153 Å². The SMILES string of the molecule is COc1ccc(Nc2nccc(Nc3cccc(C)c3C)n2)c(OC)c1. The van der Waals surface area contributed by atoms with Crippen LogP contribution in [-0.2, 0) is 0 Å². The number of nitrogens with zero attached hydrogens (tertiary/aromatic N) is 2. The third-order valence-corrected chi connectivity index (χ3v) is 4.18. The van der Waals surface area contributed by atoms with Gasteiger partial charge in [-0.25, -0.2) is 4.98 Å². The maximum Gasteiger partial charge on any atom is 0.229 e. The molecule has 0 saturated heterocycles. The molecule has 2 N–H and O–H groups in total. The first kappa shape index (κ1) is 17.5. The molecule has 6 heteroatoms. The molecule has 3 aromatic rings. The summed E-state index contributed by atoms with van der Waals surface area (Å²) in [7, 11) is 3.23. The van der Waals surface area contributed by atoms with Crippen LogP contribution in [0.2, 0.25) is 0 Å². The van der Waals surface area contributed by atoms with Crippen molar-refractivity contribution in [3.63, 3.8) is 0 Å². The van der Waals surface area contributed by atoms with Gasteiger partial charge in [0.1, 0.15) is 17.3 Å². The number of nitrogens with one attached hydrogen (secondary N) is 2. The van der Waals surface area contributed by atoms with E-state index in [1.807, 2.05) is 30.3 Å². The second-order valence-corrected chi connectivity index (χ2v) is 5.83. The number of ether oxygens (including phenoxy) is 2. The van der Waals surface area contributed by atoms with Crippen LogP contribution in [0.3, 0.4) is 0 Å². The summed E-state index contributed by atoms with van der Waals surface area (Å²) in [4.78, 5) is 8.82. The highest BCUT2D eigenvalue weighted by Gasteiger charge is 2.08. The molecule has 2 aromatic carbocycles. The molecular formula is C20H22N4O2. The molecule has 0 aliphatic heterocycles. The molecule has 1 aromatic heterocycles. The second-order valence-electron chi connectivity index (χ2n) is 5.83. The van der Waals surface area contributed by atoms with Gasteiger partial charge in [-0.1, -0.05) is 12.1 Å². The van der Waals surface area contributed by atoms with Gasteiger partial charge in [-0.3, -0.25) is 0 Å². The Kier molecular flexibility index (Phi) is 5.22. The largest absolute Gasteiger partial charge is 0.497 e. The molecule has 134 valence electrons. The number of hydrogen-bond acceptors (Lipinski definition) is 6. The molecule has 0 saturated carbocycles. The minimum absolute atomic E-state index is 0.476. The van der Waals surface area contributed by atoms with E-state index in [1.165, 1.54) is 11.1 Å².